The monoisotopic (exact) mass is 406 g/mol. The van der Waals surface area contributed by atoms with Crippen molar-refractivity contribution < 1.29 is 14.3 Å². The summed E-state index contributed by atoms with van der Waals surface area (Å²) in [4.78, 5) is 28.2. The number of thiophene rings is 1. The number of aryl methyl sites for hydroxylation is 1. The van der Waals surface area contributed by atoms with Crippen LogP contribution in [-0.2, 0) is 20.7 Å². The molecule has 0 atom stereocenters. The maximum Gasteiger partial charge on any atom is 0.312 e. The van der Waals surface area contributed by atoms with E-state index in [0.29, 0.717) is 16.4 Å². The second-order valence-electron chi connectivity index (χ2n) is 5.51. The average Bonchev–Trinajstić information content (AvgIpc) is 3.28. The molecule has 0 fully saturated rings. The number of hydrogen-bond acceptors (Lipinski definition) is 6. The Balaban J connectivity index is 1.47. The molecule has 2 heterocycles. The van der Waals surface area contributed by atoms with Crippen molar-refractivity contribution in [1.82, 2.24) is 4.98 Å². The number of amides is 1. The third-order valence-corrected chi connectivity index (χ3v) is 5.50. The molecule has 0 radical (unpaired) electrons. The number of nitrogens with zero attached hydrogens (tertiary/aromatic N) is 1. The first-order valence-electron chi connectivity index (χ1n) is 7.70. The molecule has 0 aliphatic rings. The largest absolute Gasteiger partial charge is 0.455 e. The number of esters is 1. The van der Waals surface area contributed by atoms with Gasteiger partial charge in [-0.05, 0) is 36.1 Å². The predicted molar refractivity (Wildman–Crippen MR) is 105 cm³/mol. The molecule has 2 aromatic heterocycles. The number of halogens is 1. The van der Waals surface area contributed by atoms with Gasteiger partial charge in [-0.1, -0.05) is 17.7 Å². The Morgan fingerprint density at radius 3 is 2.85 bits per heavy atom. The Hall–Kier alpha value is -2.22. The first-order valence-corrected chi connectivity index (χ1v) is 9.90. The van der Waals surface area contributed by atoms with E-state index in [-0.39, 0.29) is 13.0 Å². The van der Waals surface area contributed by atoms with E-state index in [2.05, 4.69) is 10.3 Å². The van der Waals surface area contributed by atoms with E-state index in [1.807, 2.05) is 29.1 Å². The van der Waals surface area contributed by atoms with Gasteiger partial charge in [0.15, 0.2) is 6.61 Å². The molecule has 26 heavy (non-hydrogen) atoms. The van der Waals surface area contributed by atoms with Crippen LogP contribution in [0, 0.1) is 6.92 Å². The smallest absolute Gasteiger partial charge is 0.312 e. The molecule has 8 heteroatoms. The van der Waals surface area contributed by atoms with Gasteiger partial charge in [-0.25, -0.2) is 4.98 Å². The number of ether oxygens (including phenoxy) is 1. The van der Waals surface area contributed by atoms with Crippen LogP contribution in [0.5, 0.6) is 0 Å². The first kappa shape index (κ1) is 18.6. The van der Waals surface area contributed by atoms with Crippen molar-refractivity contribution in [3.05, 3.63) is 56.7 Å². The number of nitrogens with one attached hydrogen (secondary N) is 1. The number of carbonyl (C=O) groups is 2. The standard InChI is InChI=1S/C18H15ClN2O3S2/c1-11-2-3-13(6-15(11)19)20-16(22)8-24-17(23)7-14-10-26-18(21-14)12-4-5-25-9-12/h2-6,9-10H,7-8H2,1H3,(H,20,22). The molecule has 0 saturated heterocycles. The Bertz CT molecular complexity index is 922. The highest BCUT2D eigenvalue weighted by Gasteiger charge is 2.12. The van der Waals surface area contributed by atoms with E-state index in [4.69, 9.17) is 16.3 Å². The van der Waals surface area contributed by atoms with Crippen LogP contribution in [0.4, 0.5) is 5.69 Å². The minimum Gasteiger partial charge on any atom is -0.455 e. The minimum atomic E-state index is -0.496. The third kappa shape index (κ3) is 4.91. The molecule has 0 spiro atoms. The summed E-state index contributed by atoms with van der Waals surface area (Å²) in [5.41, 5.74) is 3.14. The Kier molecular flexibility index (Phi) is 6.03. The van der Waals surface area contributed by atoms with Gasteiger partial charge in [0.2, 0.25) is 0 Å². The zero-order valence-corrected chi connectivity index (χ0v) is 16.2. The van der Waals surface area contributed by atoms with E-state index in [1.165, 1.54) is 11.3 Å². The summed E-state index contributed by atoms with van der Waals surface area (Å²) in [5, 5.41) is 9.86. The number of aromatic nitrogens is 1. The maximum atomic E-state index is 11.9. The lowest BCUT2D eigenvalue weighted by Gasteiger charge is -2.07. The SMILES string of the molecule is Cc1ccc(NC(=O)COC(=O)Cc2csc(-c3ccsc3)n2)cc1Cl. The van der Waals surface area contributed by atoms with Crippen LogP contribution in [0.3, 0.4) is 0 Å². The van der Waals surface area contributed by atoms with E-state index in [9.17, 15) is 9.59 Å². The van der Waals surface area contributed by atoms with Crippen LogP contribution >= 0.6 is 34.3 Å². The highest BCUT2D eigenvalue weighted by molar-refractivity contribution is 7.14. The Morgan fingerprint density at radius 1 is 1.27 bits per heavy atom. The lowest BCUT2D eigenvalue weighted by molar-refractivity contribution is -0.146. The number of anilines is 1. The predicted octanol–water partition coefficient (Wildman–Crippen LogP) is 4.56. The number of rotatable bonds is 6. The quantitative estimate of drug-likeness (QED) is 0.609. The second kappa shape index (κ2) is 8.44. The molecular weight excluding hydrogens is 392 g/mol. The molecule has 5 nitrogen and oxygen atoms in total. The van der Waals surface area contributed by atoms with Gasteiger partial charge in [-0.3, -0.25) is 9.59 Å². The summed E-state index contributed by atoms with van der Waals surface area (Å²) >= 11 is 9.08. The summed E-state index contributed by atoms with van der Waals surface area (Å²) in [5.74, 6) is -0.917. The topological polar surface area (TPSA) is 68.3 Å². The van der Waals surface area contributed by atoms with E-state index in [0.717, 1.165) is 16.1 Å². The molecule has 0 saturated carbocycles. The van der Waals surface area contributed by atoms with Crippen molar-refractivity contribution in [1.29, 1.82) is 0 Å². The summed E-state index contributed by atoms with van der Waals surface area (Å²) in [6.45, 7) is 1.52. The molecule has 1 amide bonds. The molecule has 1 aromatic carbocycles. The van der Waals surface area contributed by atoms with Crippen LogP contribution < -0.4 is 5.32 Å². The zero-order valence-electron chi connectivity index (χ0n) is 13.8. The van der Waals surface area contributed by atoms with Crippen LogP contribution in [-0.4, -0.2) is 23.5 Å². The van der Waals surface area contributed by atoms with Gasteiger partial charge in [0.05, 0.1) is 12.1 Å². The van der Waals surface area contributed by atoms with Gasteiger partial charge < -0.3 is 10.1 Å². The highest BCUT2D eigenvalue weighted by Crippen LogP contribution is 2.26. The molecule has 3 rings (SSSR count). The van der Waals surface area contributed by atoms with Gasteiger partial charge in [0, 0.05) is 27.0 Å². The number of thiazole rings is 1. The van der Waals surface area contributed by atoms with Gasteiger partial charge in [-0.2, -0.15) is 11.3 Å². The fourth-order valence-corrected chi connectivity index (χ4v) is 3.83. The summed E-state index contributed by atoms with van der Waals surface area (Å²) in [7, 11) is 0. The van der Waals surface area contributed by atoms with E-state index in [1.54, 1.807) is 29.5 Å². The Labute approximate surface area is 163 Å². The number of hydrogen-bond donors (Lipinski definition) is 1. The van der Waals surface area contributed by atoms with Crippen LogP contribution in [0.15, 0.2) is 40.4 Å². The number of benzene rings is 1. The summed E-state index contributed by atoms with van der Waals surface area (Å²) < 4.78 is 5.02. The van der Waals surface area contributed by atoms with Crippen LogP contribution in [0.1, 0.15) is 11.3 Å². The average molecular weight is 407 g/mol. The van der Waals surface area contributed by atoms with Gasteiger partial charge >= 0.3 is 5.97 Å². The first-order chi connectivity index (χ1) is 12.5. The van der Waals surface area contributed by atoms with Crippen LogP contribution in [0.25, 0.3) is 10.6 Å². The lowest BCUT2D eigenvalue weighted by atomic mass is 10.2. The molecule has 0 bridgehead atoms. The van der Waals surface area contributed by atoms with Crippen molar-refractivity contribution in [3.8, 4) is 10.6 Å². The molecule has 0 aliphatic carbocycles. The summed E-state index contributed by atoms with van der Waals surface area (Å²) in [6, 6.07) is 7.17. The molecule has 0 unspecified atom stereocenters. The number of carbonyl (C=O) groups excluding carboxylic acids is 2. The fraction of sp³-hybridized carbons (Fsp3) is 0.167. The summed E-state index contributed by atoms with van der Waals surface area (Å²) in [6.07, 6.45) is 0.0320. The van der Waals surface area contributed by atoms with Gasteiger partial charge in [-0.15, -0.1) is 11.3 Å². The highest BCUT2D eigenvalue weighted by atomic mass is 35.5. The molecule has 1 N–H and O–H groups in total. The van der Waals surface area contributed by atoms with Crippen molar-refractivity contribution in [2.75, 3.05) is 11.9 Å². The molecule has 0 aliphatic heterocycles. The third-order valence-electron chi connectivity index (χ3n) is 3.47. The lowest BCUT2D eigenvalue weighted by Crippen LogP contribution is -2.21. The molecular formula is C18H15ClN2O3S2. The fourth-order valence-electron chi connectivity index (χ4n) is 2.12. The van der Waals surface area contributed by atoms with Crippen molar-refractivity contribution >= 4 is 51.8 Å². The Morgan fingerprint density at radius 2 is 2.12 bits per heavy atom. The van der Waals surface area contributed by atoms with Gasteiger partial charge in [0.25, 0.3) is 5.91 Å². The molecule has 3 aromatic rings. The van der Waals surface area contributed by atoms with Crippen LogP contribution in [0.2, 0.25) is 5.02 Å². The van der Waals surface area contributed by atoms with Crippen molar-refractivity contribution in [2.45, 2.75) is 13.3 Å². The van der Waals surface area contributed by atoms with Crippen molar-refractivity contribution in [2.24, 2.45) is 0 Å². The minimum absolute atomic E-state index is 0.0320. The van der Waals surface area contributed by atoms with Gasteiger partial charge in [0.1, 0.15) is 5.01 Å². The second-order valence-corrected chi connectivity index (χ2v) is 7.55. The normalized spacial score (nSPS) is 10.5. The van der Waals surface area contributed by atoms with E-state index >= 15 is 0 Å². The van der Waals surface area contributed by atoms with E-state index < -0.39 is 11.9 Å². The maximum absolute atomic E-state index is 11.9. The zero-order chi connectivity index (χ0) is 18.5. The van der Waals surface area contributed by atoms with Crippen molar-refractivity contribution in [3.63, 3.8) is 0 Å². The molecule has 134 valence electrons.